The smallest absolute Gasteiger partial charge is 0.287 e. The van der Waals surface area contributed by atoms with Gasteiger partial charge in [0.2, 0.25) is 11.7 Å². The first-order valence-corrected chi connectivity index (χ1v) is 7.68. The van der Waals surface area contributed by atoms with Crippen molar-refractivity contribution in [2.24, 2.45) is 0 Å². The molecular formula is C17H10F3N5O2. The van der Waals surface area contributed by atoms with Crippen LogP contribution in [-0.4, -0.2) is 24.7 Å². The van der Waals surface area contributed by atoms with E-state index in [0.717, 1.165) is 12.3 Å². The van der Waals surface area contributed by atoms with Crippen LogP contribution in [0.2, 0.25) is 0 Å². The van der Waals surface area contributed by atoms with Crippen molar-refractivity contribution in [2.45, 2.75) is 6.54 Å². The third kappa shape index (κ3) is 3.12. The molecule has 0 radical (unpaired) electrons. The summed E-state index contributed by atoms with van der Waals surface area (Å²) in [6.07, 6.45) is 3.52. The highest BCUT2D eigenvalue weighted by Crippen LogP contribution is 2.24. The third-order valence-corrected chi connectivity index (χ3v) is 3.78. The molecule has 136 valence electrons. The van der Waals surface area contributed by atoms with Crippen LogP contribution in [-0.2, 0) is 6.54 Å². The monoisotopic (exact) mass is 373 g/mol. The van der Waals surface area contributed by atoms with Crippen molar-refractivity contribution in [1.82, 2.24) is 24.7 Å². The first-order chi connectivity index (χ1) is 13.0. The standard InChI is InChI=1S/C17H10F3N5O2/c18-10-3-1-2-9(14(10)20)8-25-13(17-21-4-5-27-17)6-12(24-25)15-22-7-11(19)16(26)23-15/h1-7H,8H2,(H,22,23,26). The van der Waals surface area contributed by atoms with Gasteiger partial charge in [0.1, 0.15) is 17.7 Å². The quantitative estimate of drug-likeness (QED) is 0.594. The minimum absolute atomic E-state index is 0.00710. The lowest BCUT2D eigenvalue weighted by Gasteiger charge is -2.07. The Morgan fingerprint density at radius 2 is 2.00 bits per heavy atom. The van der Waals surface area contributed by atoms with Crippen LogP contribution in [0.25, 0.3) is 23.1 Å². The van der Waals surface area contributed by atoms with Gasteiger partial charge in [-0.05, 0) is 6.07 Å². The second-order valence-electron chi connectivity index (χ2n) is 5.53. The van der Waals surface area contributed by atoms with Gasteiger partial charge in [-0.2, -0.15) is 9.49 Å². The lowest BCUT2D eigenvalue weighted by molar-refractivity contribution is 0.491. The second-order valence-corrected chi connectivity index (χ2v) is 5.53. The maximum absolute atomic E-state index is 14.0. The average molecular weight is 373 g/mol. The Bertz CT molecular complexity index is 1170. The zero-order chi connectivity index (χ0) is 19.0. The van der Waals surface area contributed by atoms with E-state index in [4.69, 9.17) is 4.42 Å². The number of benzene rings is 1. The molecule has 3 aromatic heterocycles. The number of hydrogen-bond donors (Lipinski definition) is 1. The van der Waals surface area contributed by atoms with Crippen molar-refractivity contribution in [3.05, 3.63) is 76.3 Å². The van der Waals surface area contributed by atoms with Crippen molar-refractivity contribution < 1.29 is 17.6 Å². The minimum Gasteiger partial charge on any atom is -0.443 e. The lowest BCUT2D eigenvalue weighted by atomic mass is 10.2. The van der Waals surface area contributed by atoms with E-state index < -0.39 is 23.0 Å². The Labute approximate surface area is 149 Å². The maximum Gasteiger partial charge on any atom is 0.287 e. The fourth-order valence-electron chi connectivity index (χ4n) is 2.52. The molecule has 10 heteroatoms. The Morgan fingerprint density at radius 3 is 2.74 bits per heavy atom. The van der Waals surface area contributed by atoms with Crippen LogP contribution in [0.5, 0.6) is 0 Å². The number of rotatable bonds is 4. The number of halogens is 3. The van der Waals surface area contributed by atoms with Gasteiger partial charge < -0.3 is 9.40 Å². The van der Waals surface area contributed by atoms with Gasteiger partial charge >= 0.3 is 0 Å². The van der Waals surface area contributed by atoms with E-state index in [0.29, 0.717) is 5.69 Å². The van der Waals surface area contributed by atoms with E-state index in [2.05, 4.69) is 20.1 Å². The molecule has 1 aromatic carbocycles. The van der Waals surface area contributed by atoms with Crippen LogP contribution in [0.3, 0.4) is 0 Å². The highest BCUT2D eigenvalue weighted by atomic mass is 19.2. The Hall–Kier alpha value is -3.69. The van der Waals surface area contributed by atoms with Gasteiger partial charge in [-0.3, -0.25) is 9.48 Å². The Morgan fingerprint density at radius 1 is 1.15 bits per heavy atom. The van der Waals surface area contributed by atoms with Crippen LogP contribution in [0.1, 0.15) is 5.56 Å². The molecule has 0 aliphatic carbocycles. The topological polar surface area (TPSA) is 89.6 Å². The molecule has 0 aliphatic heterocycles. The SMILES string of the molecule is O=c1[nH]c(-c2cc(-c3ncco3)n(Cc3cccc(F)c3F)n2)ncc1F. The van der Waals surface area contributed by atoms with E-state index in [1.54, 1.807) is 0 Å². The molecule has 0 fully saturated rings. The van der Waals surface area contributed by atoms with Crippen molar-refractivity contribution in [3.63, 3.8) is 0 Å². The summed E-state index contributed by atoms with van der Waals surface area (Å²) in [5.41, 5.74) is -0.385. The highest BCUT2D eigenvalue weighted by Gasteiger charge is 2.18. The van der Waals surface area contributed by atoms with Gasteiger partial charge in [0.25, 0.3) is 5.56 Å². The molecule has 27 heavy (non-hydrogen) atoms. The second kappa shape index (κ2) is 6.56. The fraction of sp³-hybridized carbons (Fsp3) is 0.0588. The predicted molar refractivity (Wildman–Crippen MR) is 87.0 cm³/mol. The molecule has 0 amide bonds. The van der Waals surface area contributed by atoms with E-state index in [-0.39, 0.29) is 29.5 Å². The molecule has 0 saturated heterocycles. The van der Waals surface area contributed by atoms with E-state index >= 15 is 0 Å². The van der Waals surface area contributed by atoms with E-state index in [9.17, 15) is 18.0 Å². The molecule has 4 rings (SSSR count). The van der Waals surface area contributed by atoms with E-state index in [1.807, 2.05) is 0 Å². The summed E-state index contributed by atoms with van der Waals surface area (Å²) in [5, 5.41) is 4.25. The predicted octanol–water partition coefficient (Wildman–Crippen LogP) is 2.75. The molecule has 7 nitrogen and oxygen atoms in total. The van der Waals surface area contributed by atoms with Crippen LogP contribution in [0, 0.1) is 17.5 Å². The van der Waals surface area contributed by atoms with Crippen molar-refractivity contribution in [2.75, 3.05) is 0 Å². The van der Waals surface area contributed by atoms with E-state index in [1.165, 1.54) is 35.3 Å². The summed E-state index contributed by atoms with van der Waals surface area (Å²) >= 11 is 0. The summed E-state index contributed by atoms with van der Waals surface area (Å²) in [6, 6.07) is 5.29. The van der Waals surface area contributed by atoms with Crippen LogP contribution < -0.4 is 5.56 Å². The summed E-state index contributed by atoms with van der Waals surface area (Å²) in [7, 11) is 0. The number of nitrogens with one attached hydrogen (secondary N) is 1. The largest absolute Gasteiger partial charge is 0.443 e. The fourth-order valence-corrected chi connectivity index (χ4v) is 2.52. The third-order valence-electron chi connectivity index (χ3n) is 3.78. The van der Waals surface area contributed by atoms with Gasteiger partial charge in [0.05, 0.1) is 18.9 Å². The summed E-state index contributed by atoms with van der Waals surface area (Å²) in [6.45, 7) is -0.132. The molecule has 0 unspecified atom stereocenters. The van der Waals surface area contributed by atoms with Crippen LogP contribution in [0.4, 0.5) is 13.2 Å². The number of H-pyrrole nitrogens is 1. The number of nitrogens with zero attached hydrogens (tertiary/aromatic N) is 4. The normalized spacial score (nSPS) is 11.1. The molecule has 0 bridgehead atoms. The molecule has 0 spiro atoms. The van der Waals surface area contributed by atoms with Gasteiger partial charge in [0, 0.05) is 11.6 Å². The van der Waals surface area contributed by atoms with Crippen LogP contribution >= 0.6 is 0 Å². The molecule has 1 N–H and O–H groups in total. The number of hydrogen-bond acceptors (Lipinski definition) is 5. The minimum atomic E-state index is -1.03. The van der Waals surface area contributed by atoms with Crippen molar-refractivity contribution in [3.8, 4) is 23.1 Å². The molecule has 0 atom stereocenters. The highest BCUT2D eigenvalue weighted by molar-refractivity contribution is 5.59. The zero-order valence-corrected chi connectivity index (χ0v) is 13.5. The molecule has 0 aliphatic rings. The molecule has 4 aromatic rings. The van der Waals surface area contributed by atoms with Crippen molar-refractivity contribution in [1.29, 1.82) is 0 Å². The Kier molecular flexibility index (Phi) is 4.07. The Balaban J connectivity index is 1.82. The first-order valence-electron chi connectivity index (χ1n) is 7.68. The number of aromatic amines is 1. The molecular weight excluding hydrogens is 363 g/mol. The number of oxazole rings is 1. The average Bonchev–Trinajstić information content (AvgIpc) is 3.31. The van der Waals surface area contributed by atoms with Gasteiger partial charge in [-0.1, -0.05) is 12.1 Å². The summed E-state index contributed by atoms with van der Waals surface area (Å²) in [5.74, 6) is -2.83. The van der Waals surface area contributed by atoms with Crippen LogP contribution in [0.15, 0.2) is 52.1 Å². The van der Waals surface area contributed by atoms with Gasteiger partial charge in [-0.25, -0.2) is 18.7 Å². The van der Waals surface area contributed by atoms with Crippen molar-refractivity contribution >= 4 is 0 Å². The summed E-state index contributed by atoms with van der Waals surface area (Å²) < 4.78 is 47.3. The molecule has 3 heterocycles. The summed E-state index contributed by atoms with van der Waals surface area (Å²) in [4.78, 5) is 21.6. The van der Waals surface area contributed by atoms with Gasteiger partial charge in [-0.15, -0.1) is 0 Å². The number of aromatic nitrogens is 5. The zero-order valence-electron chi connectivity index (χ0n) is 13.5. The maximum atomic E-state index is 14.0. The first kappa shape index (κ1) is 16.8. The molecule has 0 saturated carbocycles. The van der Waals surface area contributed by atoms with Gasteiger partial charge in [0.15, 0.2) is 17.5 Å². The lowest BCUT2D eigenvalue weighted by Crippen LogP contribution is -2.12.